The highest BCUT2D eigenvalue weighted by Gasteiger charge is 2.26. The number of nitrogens with one attached hydrogen (secondary N) is 1. The molecule has 5 nitrogen and oxygen atoms in total. The zero-order valence-corrected chi connectivity index (χ0v) is 8.83. The first-order valence-electron chi connectivity index (χ1n) is 4.35. The molecule has 78 valence electrons. The van der Waals surface area contributed by atoms with Crippen LogP contribution in [0.3, 0.4) is 0 Å². The zero-order chi connectivity index (χ0) is 10.9. The van der Waals surface area contributed by atoms with E-state index in [0.29, 0.717) is 5.69 Å². The van der Waals surface area contributed by atoms with Crippen molar-refractivity contribution in [1.29, 1.82) is 0 Å². The van der Waals surface area contributed by atoms with Gasteiger partial charge < -0.3 is 10.1 Å². The van der Waals surface area contributed by atoms with E-state index in [-0.39, 0.29) is 0 Å². The van der Waals surface area contributed by atoms with Crippen LogP contribution in [0.2, 0.25) is 0 Å². The number of hydrogen-bond acceptors (Lipinski definition) is 3. The molecule has 1 aromatic heterocycles. The molecule has 0 aliphatic carbocycles. The van der Waals surface area contributed by atoms with Crippen LogP contribution in [0.1, 0.15) is 23.3 Å². The molecule has 0 bridgehead atoms. The molecular formula is C9H15N3O2. The van der Waals surface area contributed by atoms with Gasteiger partial charge in [0.1, 0.15) is 5.82 Å². The van der Waals surface area contributed by atoms with Gasteiger partial charge in [0.15, 0.2) is 6.04 Å². The van der Waals surface area contributed by atoms with E-state index in [4.69, 9.17) is 5.11 Å². The number of aromatic amines is 1. The molecule has 2 N–H and O–H groups in total. The maximum Gasteiger partial charge on any atom is 0.327 e. The monoisotopic (exact) mass is 197 g/mol. The number of aliphatic carboxylic acids is 1. The molecule has 1 heterocycles. The first-order valence-corrected chi connectivity index (χ1v) is 4.35. The Bertz CT molecular complexity index is 344. The number of aryl methyl sites for hydroxylation is 2. The molecule has 0 radical (unpaired) electrons. The average Bonchev–Trinajstić information content (AvgIpc) is 2.29. The smallest absolute Gasteiger partial charge is 0.327 e. The van der Waals surface area contributed by atoms with E-state index >= 15 is 0 Å². The third-order valence-corrected chi connectivity index (χ3v) is 2.05. The van der Waals surface area contributed by atoms with E-state index in [0.717, 1.165) is 11.5 Å². The molecule has 0 aliphatic rings. The molecule has 0 spiro atoms. The van der Waals surface area contributed by atoms with Gasteiger partial charge in [-0.3, -0.25) is 9.69 Å². The number of aromatic nitrogens is 2. The average molecular weight is 197 g/mol. The second-order valence-corrected chi connectivity index (χ2v) is 3.54. The number of hydrogen-bond donors (Lipinski definition) is 2. The van der Waals surface area contributed by atoms with E-state index in [2.05, 4.69) is 9.97 Å². The molecule has 14 heavy (non-hydrogen) atoms. The summed E-state index contributed by atoms with van der Waals surface area (Å²) < 4.78 is 0. The van der Waals surface area contributed by atoms with Crippen molar-refractivity contribution in [3.8, 4) is 0 Å². The van der Waals surface area contributed by atoms with Crippen molar-refractivity contribution in [3.05, 3.63) is 17.2 Å². The number of likely N-dealkylation sites (N-methyl/N-ethyl adjacent to an activating group) is 1. The maximum absolute atomic E-state index is 11.0. The molecule has 0 aliphatic heterocycles. The highest BCUT2D eigenvalue weighted by molar-refractivity contribution is 5.75. The Morgan fingerprint density at radius 2 is 2.07 bits per heavy atom. The molecule has 5 heteroatoms. The molecule has 1 atom stereocenters. The molecule has 0 saturated carbocycles. The van der Waals surface area contributed by atoms with E-state index in [1.807, 2.05) is 13.8 Å². The third-order valence-electron chi connectivity index (χ3n) is 2.05. The highest BCUT2D eigenvalue weighted by atomic mass is 16.4. The van der Waals surface area contributed by atoms with Gasteiger partial charge in [-0.15, -0.1) is 0 Å². The van der Waals surface area contributed by atoms with Gasteiger partial charge in [0.2, 0.25) is 0 Å². The van der Waals surface area contributed by atoms with Gasteiger partial charge in [-0.05, 0) is 27.9 Å². The zero-order valence-electron chi connectivity index (χ0n) is 8.83. The van der Waals surface area contributed by atoms with Crippen LogP contribution < -0.4 is 0 Å². The lowest BCUT2D eigenvalue weighted by atomic mass is 10.1. The lowest BCUT2D eigenvalue weighted by Gasteiger charge is -2.18. The SMILES string of the molecule is Cc1nc(C(C(=O)O)N(C)C)c(C)[nH]1. The minimum absolute atomic E-state index is 0.583. The first kappa shape index (κ1) is 10.7. The summed E-state index contributed by atoms with van der Waals surface area (Å²) >= 11 is 0. The van der Waals surface area contributed by atoms with Crippen molar-refractivity contribution >= 4 is 5.97 Å². The van der Waals surface area contributed by atoms with Gasteiger partial charge in [-0.25, -0.2) is 4.98 Å². The van der Waals surface area contributed by atoms with Crippen molar-refractivity contribution in [2.45, 2.75) is 19.9 Å². The van der Waals surface area contributed by atoms with Crippen molar-refractivity contribution in [3.63, 3.8) is 0 Å². The second-order valence-electron chi connectivity index (χ2n) is 3.54. The number of carboxylic acids is 1. The largest absolute Gasteiger partial charge is 0.480 e. The quantitative estimate of drug-likeness (QED) is 0.749. The van der Waals surface area contributed by atoms with E-state index < -0.39 is 12.0 Å². The predicted octanol–water partition coefficient (Wildman–Crippen LogP) is 0.714. The van der Waals surface area contributed by atoms with Gasteiger partial charge in [0, 0.05) is 5.69 Å². The lowest BCUT2D eigenvalue weighted by molar-refractivity contribution is -0.142. The summed E-state index contributed by atoms with van der Waals surface area (Å²) in [7, 11) is 3.45. The Kier molecular flexibility index (Phi) is 2.90. The lowest BCUT2D eigenvalue weighted by Crippen LogP contribution is -2.28. The Morgan fingerprint density at radius 3 is 2.36 bits per heavy atom. The summed E-state index contributed by atoms with van der Waals surface area (Å²) in [4.78, 5) is 19.8. The Hall–Kier alpha value is -1.36. The van der Waals surface area contributed by atoms with Crippen molar-refractivity contribution in [2.24, 2.45) is 0 Å². The summed E-state index contributed by atoms with van der Waals surface area (Å²) in [5.74, 6) is -0.143. The van der Waals surface area contributed by atoms with Gasteiger partial charge in [0.05, 0.1) is 5.69 Å². The topological polar surface area (TPSA) is 69.2 Å². The number of carbonyl (C=O) groups is 1. The van der Waals surface area contributed by atoms with Gasteiger partial charge >= 0.3 is 5.97 Å². The number of rotatable bonds is 3. The van der Waals surface area contributed by atoms with Gasteiger partial charge in [0.25, 0.3) is 0 Å². The molecular weight excluding hydrogens is 182 g/mol. The fraction of sp³-hybridized carbons (Fsp3) is 0.556. The third kappa shape index (κ3) is 1.93. The predicted molar refractivity (Wildman–Crippen MR) is 52.1 cm³/mol. The molecule has 1 unspecified atom stereocenters. The second kappa shape index (κ2) is 3.79. The Morgan fingerprint density at radius 1 is 1.50 bits per heavy atom. The van der Waals surface area contributed by atoms with Crippen LogP contribution in [-0.2, 0) is 4.79 Å². The molecule has 0 amide bonds. The fourth-order valence-electron chi connectivity index (χ4n) is 1.48. The van der Waals surface area contributed by atoms with Crippen LogP contribution >= 0.6 is 0 Å². The molecule has 1 aromatic rings. The van der Waals surface area contributed by atoms with Crippen LogP contribution in [0.4, 0.5) is 0 Å². The Labute approximate surface area is 82.8 Å². The standard InChI is InChI=1S/C9H15N3O2/c1-5-7(11-6(2)10-5)8(9(13)14)12(3)4/h8H,1-4H3,(H,10,11)(H,13,14). The molecule has 0 saturated heterocycles. The number of nitrogens with zero attached hydrogens (tertiary/aromatic N) is 2. The van der Waals surface area contributed by atoms with Crippen LogP contribution in [-0.4, -0.2) is 40.0 Å². The fourth-order valence-corrected chi connectivity index (χ4v) is 1.48. The van der Waals surface area contributed by atoms with Crippen LogP contribution in [0.15, 0.2) is 0 Å². The number of H-pyrrole nitrogens is 1. The van der Waals surface area contributed by atoms with E-state index in [9.17, 15) is 4.79 Å². The maximum atomic E-state index is 11.0. The normalized spacial score (nSPS) is 13.2. The van der Waals surface area contributed by atoms with Crippen molar-refractivity contribution in [2.75, 3.05) is 14.1 Å². The van der Waals surface area contributed by atoms with Crippen molar-refractivity contribution < 1.29 is 9.90 Å². The van der Waals surface area contributed by atoms with Crippen molar-refractivity contribution in [1.82, 2.24) is 14.9 Å². The number of imidazole rings is 1. The minimum Gasteiger partial charge on any atom is -0.480 e. The molecule has 0 aromatic carbocycles. The highest BCUT2D eigenvalue weighted by Crippen LogP contribution is 2.19. The summed E-state index contributed by atoms with van der Waals surface area (Å²) in [6, 6.07) is -0.681. The van der Waals surface area contributed by atoms with Crippen LogP contribution in [0, 0.1) is 13.8 Å². The summed E-state index contributed by atoms with van der Waals surface area (Å²) in [5.41, 5.74) is 1.39. The summed E-state index contributed by atoms with van der Waals surface area (Å²) in [6.45, 7) is 3.64. The first-order chi connectivity index (χ1) is 6.43. The molecule has 0 fully saturated rings. The molecule has 1 rings (SSSR count). The summed E-state index contributed by atoms with van der Waals surface area (Å²) in [6.07, 6.45) is 0. The van der Waals surface area contributed by atoms with Crippen LogP contribution in [0.25, 0.3) is 0 Å². The Balaban J connectivity index is 3.11. The van der Waals surface area contributed by atoms with E-state index in [1.54, 1.807) is 19.0 Å². The van der Waals surface area contributed by atoms with E-state index in [1.165, 1.54) is 0 Å². The van der Waals surface area contributed by atoms with Crippen LogP contribution in [0.5, 0.6) is 0 Å². The summed E-state index contributed by atoms with van der Waals surface area (Å²) in [5, 5.41) is 9.04. The van der Waals surface area contributed by atoms with Gasteiger partial charge in [-0.2, -0.15) is 0 Å². The number of carboxylic acid groups (broad SMARTS) is 1. The minimum atomic E-state index is -0.885. The van der Waals surface area contributed by atoms with Gasteiger partial charge in [-0.1, -0.05) is 0 Å².